The third-order valence-corrected chi connectivity index (χ3v) is 4.76. The van der Waals surface area contributed by atoms with E-state index in [2.05, 4.69) is 17.0 Å². The van der Waals surface area contributed by atoms with Gasteiger partial charge in [-0.25, -0.2) is 0 Å². The number of rotatable bonds is 3. The van der Waals surface area contributed by atoms with Gasteiger partial charge in [0.05, 0.1) is 29.5 Å². The predicted octanol–water partition coefficient (Wildman–Crippen LogP) is 3.90. The van der Waals surface area contributed by atoms with Crippen LogP contribution in [-0.4, -0.2) is 22.6 Å². The van der Waals surface area contributed by atoms with Gasteiger partial charge in [-0.05, 0) is 36.2 Å². The highest BCUT2D eigenvalue weighted by atomic mass is 16.2. The van der Waals surface area contributed by atoms with E-state index < -0.39 is 0 Å². The van der Waals surface area contributed by atoms with E-state index in [-0.39, 0.29) is 18.2 Å². The van der Waals surface area contributed by atoms with E-state index in [1.165, 1.54) is 22.4 Å². The van der Waals surface area contributed by atoms with E-state index in [4.69, 9.17) is 0 Å². The predicted molar refractivity (Wildman–Crippen MR) is 110 cm³/mol. The Morgan fingerprint density at radius 1 is 1.14 bits per heavy atom. The standard InChI is InChI=1S/C22H20N4O2/c1-3-16-8-10-18(11-9-16)26-22(28)13-21(24-26)25(15(2)27)19-12-17-6-4-5-7-20(17)23-14-19/h4-12,14H,3,13H2,1-2H3. The van der Waals surface area contributed by atoms with Crippen molar-refractivity contribution in [2.75, 3.05) is 9.91 Å². The number of aromatic nitrogens is 1. The molecule has 4 rings (SSSR count). The number of nitrogens with zero attached hydrogens (tertiary/aromatic N) is 4. The highest BCUT2D eigenvalue weighted by Gasteiger charge is 2.31. The minimum absolute atomic E-state index is 0.0575. The molecular weight excluding hydrogens is 352 g/mol. The first kappa shape index (κ1) is 17.9. The number of anilines is 2. The first-order valence-electron chi connectivity index (χ1n) is 9.21. The smallest absolute Gasteiger partial charge is 0.255 e. The number of hydrogen-bond acceptors (Lipinski definition) is 4. The van der Waals surface area contributed by atoms with Crippen LogP contribution in [0.1, 0.15) is 25.8 Å². The normalized spacial score (nSPS) is 13.7. The van der Waals surface area contributed by atoms with Crippen LogP contribution < -0.4 is 9.91 Å². The number of hydrogen-bond donors (Lipinski definition) is 0. The Morgan fingerprint density at radius 2 is 1.89 bits per heavy atom. The van der Waals surface area contributed by atoms with Gasteiger partial charge in [0, 0.05) is 12.3 Å². The van der Waals surface area contributed by atoms with Gasteiger partial charge in [-0.3, -0.25) is 19.5 Å². The second-order valence-electron chi connectivity index (χ2n) is 6.66. The van der Waals surface area contributed by atoms with Gasteiger partial charge >= 0.3 is 0 Å². The maximum atomic E-state index is 12.6. The lowest BCUT2D eigenvalue weighted by molar-refractivity contribution is -0.116. The van der Waals surface area contributed by atoms with Gasteiger partial charge in [0.25, 0.3) is 5.91 Å². The summed E-state index contributed by atoms with van der Waals surface area (Å²) in [5.41, 5.74) is 3.32. The number of pyridine rings is 1. The molecule has 1 aromatic heterocycles. The van der Waals surface area contributed by atoms with E-state index in [1.54, 1.807) is 6.20 Å². The highest BCUT2D eigenvalue weighted by molar-refractivity contribution is 6.25. The first-order valence-corrected chi connectivity index (χ1v) is 9.21. The molecule has 140 valence electrons. The summed E-state index contributed by atoms with van der Waals surface area (Å²) in [6.45, 7) is 3.54. The van der Waals surface area contributed by atoms with E-state index in [0.29, 0.717) is 17.2 Å². The van der Waals surface area contributed by atoms with Crippen molar-refractivity contribution >= 4 is 39.9 Å². The van der Waals surface area contributed by atoms with Gasteiger partial charge in [0.2, 0.25) is 5.91 Å². The van der Waals surface area contributed by atoms with Crippen molar-refractivity contribution in [2.45, 2.75) is 26.7 Å². The summed E-state index contributed by atoms with van der Waals surface area (Å²) in [5, 5.41) is 6.73. The lowest BCUT2D eigenvalue weighted by atomic mass is 10.1. The molecule has 1 aliphatic heterocycles. The number of amides is 2. The fraction of sp³-hybridized carbons (Fsp3) is 0.182. The Labute approximate surface area is 163 Å². The molecule has 0 spiro atoms. The van der Waals surface area contributed by atoms with Gasteiger partial charge in [-0.1, -0.05) is 37.3 Å². The van der Waals surface area contributed by atoms with Gasteiger partial charge in [0.1, 0.15) is 5.84 Å². The lowest BCUT2D eigenvalue weighted by Gasteiger charge is -2.20. The molecular formula is C22H20N4O2. The van der Waals surface area contributed by atoms with Crippen molar-refractivity contribution in [1.82, 2.24) is 4.98 Å². The van der Waals surface area contributed by atoms with Crippen LogP contribution in [-0.2, 0) is 16.0 Å². The molecule has 0 N–H and O–H groups in total. The number of carbonyl (C=O) groups excluding carboxylic acids is 2. The molecule has 3 aromatic rings. The van der Waals surface area contributed by atoms with Crippen LogP contribution in [0, 0.1) is 0 Å². The molecule has 2 amide bonds. The summed E-state index contributed by atoms with van der Waals surface area (Å²) in [4.78, 5) is 30.8. The largest absolute Gasteiger partial charge is 0.274 e. The summed E-state index contributed by atoms with van der Waals surface area (Å²) in [5.74, 6) is 0.0141. The Kier molecular flexibility index (Phi) is 4.61. The minimum atomic E-state index is -0.216. The van der Waals surface area contributed by atoms with Crippen LogP contribution >= 0.6 is 0 Å². The Bertz CT molecular complexity index is 1090. The number of amidine groups is 1. The molecule has 0 saturated heterocycles. The number of aryl methyl sites for hydroxylation is 1. The van der Waals surface area contributed by atoms with Gasteiger partial charge in [-0.2, -0.15) is 10.1 Å². The number of para-hydroxylation sites is 1. The van der Waals surface area contributed by atoms with E-state index >= 15 is 0 Å². The van der Waals surface area contributed by atoms with Gasteiger partial charge in [0.15, 0.2) is 0 Å². The lowest BCUT2D eigenvalue weighted by Crippen LogP contribution is -2.34. The fourth-order valence-electron chi connectivity index (χ4n) is 3.31. The van der Waals surface area contributed by atoms with Crippen molar-refractivity contribution in [2.24, 2.45) is 5.10 Å². The minimum Gasteiger partial charge on any atom is -0.274 e. The topological polar surface area (TPSA) is 65.9 Å². The van der Waals surface area contributed by atoms with Crippen LogP contribution in [0.2, 0.25) is 0 Å². The maximum Gasteiger partial charge on any atom is 0.255 e. The molecule has 1 aliphatic rings. The summed E-state index contributed by atoms with van der Waals surface area (Å²) < 4.78 is 0. The number of benzene rings is 2. The third-order valence-electron chi connectivity index (χ3n) is 4.76. The van der Waals surface area contributed by atoms with Crippen LogP contribution in [0.5, 0.6) is 0 Å². The Balaban J connectivity index is 1.70. The molecule has 0 aliphatic carbocycles. The highest BCUT2D eigenvalue weighted by Crippen LogP contribution is 2.26. The zero-order chi connectivity index (χ0) is 19.7. The molecule has 0 unspecified atom stereocenters. The molecule has 0 bridgehead atoms. The zero-order valence-electron chi connectivity index (χ0n) is 15.8. The van der Waals surface area contributed by atoms with Crippen LogP contribution in [0.4, 0.5) is 11.4 Å². The van der Waals surface area contributed by atoms with Crippen molar-refractivity contribution < 1.29 is 9.59 Å². The number of fused-ring (bicyclic) bond motifs is 1. The van der Waals surface area contributed by atoms with Gasteiger partial charge < -0.3 is 0 Å². The molecule has 2 heterocycles. The molecule has 28 heavy (non-hydrogen) atoms. The molecule has 6 heteroatoms. The van der Waals surface area contributed by atoms with E-state index in [0.717, 1.165) is 17.3 Å². The summed E-state index contributed by atoms with van der Waals surface area (Å²) in [7, 11) is 0. The molecule has 6 nitrogen and oxygen atoms in total. The monoisotopic (exact) mass is 372 g/mol. The average Bonchev–Trinajstić information content (AvgIpc) is 3.08. The van der Waals surface area contributed by atoms with Crippen molar-refractivity contribution in [3.05, 3.63) is 66.4 Å². The quantitative estimate of drug-likeness (QED) is 0.700. The second kappa shape index (κ2) is 7.23. The number of hydrazone groups is 1. The average molecular weight is 372 g/mol. The van der Waals surface area contributed by atoms with Gasteiger partial charge in [-0.15, -0.1) is 0 Å². The fourth-order valence-corrected chi connectivity index (χ4v) is 3.31. The molecule has 0 radical (unpaired) electrons. The van der Waals surface area contributed by atoms with Crippen molar-refractivity contribution in [3.8, 4) is 0 Å². The summed E-state index contributed by atoms with van der Waals surface area (Å²) in [6.07, 6.45) is 2.62. The summed E-state index contributed by atoms with van der Waals surface area (Å²) in [6, 6.07) is 17.3. The number of carbonyl (C=O) groups is 2. The maximum absolute atomic E-state index is 12.6. The second-order valence-corrected chi connectivity index (χ2v) is 6.66. The molecule has 2 aromatic carbocycles. The third kappa shape index (κ3) is 3.24. The first-order chi connectivity index (χ1) is 13.6. The van der Waals surface area contributed by atoms with E-state index in [9.17, 15) is 9.59 Å². The summed E-state index contributed by atoms with van der Waals surface area (Å²) >= 11 is 0. The van der Waals surface area contributed by atoms with Crippen molar-refractivity contribution in [1.29, 1.82) is 0 Å². The van der Waals surface area contributed by atoms with E-state index in [1.807, 2.05) is 54.6 Å². The van der Waals surface area contributed by atoms with Crippen molar-refractivity contribution in [3.63, 3.8) is 0 Å². The molecule has 0 saturated carbocycles. The Hall–Kier alpha value is -3.54. The Morgan fingerprint density at radius 3 is 2.61 bits per heavy atom. The van der Waals surface area contributed by atoms with Crippen LogP contribution in [0.15, 0.2) is 65.9 Å². The van der Waals surface area contributed by atoms with Crippen LogP contribution in [0.25, 0.3) is 10.9 Å². The zero-order valence-corrected chi connectivity index (χ0v) is 15.8. The van der Waals surface area contributed by atoms with Crippen LogP contribution in [0.3, 0.4) is 0 Å². The molecule has 0 fully saturated rings. The molecule has 0 atom stereocenters. The SMILES string of the molecule is CCc1ccc(N2N=C(N(C(C)=O)c3cnc4ccccc4c3)CC2=O)cc1.